The van der Waals surface area contributed by atoms with Crippen molar-refractivity contribution in [2.45, 2.75) is 19.4 Å². The van der Waals surface area contributed by atoms with Gasteiger partial charge < -0.3 is 9.64 Å². The molecule has 0 aromatic heterocycles. The molecule has 0 heterocycles. The van der Waals surface area contributed by atoms with E-state index in [4.69, 9.17) is 4.74 Å². The van der Waals surface area contributed by atoms with Crippen LogP contribution in [0.1, 0.15) is 13.3 Å². The zero-order chi connectivity index (χ0) is 12.1. The fourth-order valence-corrected chi connectivity index (χ4v) is 1.29. The second kappa shape index (κ2) is 5.49. The van der Waals surface area contributed by atoms with Crippen molar-refractivity contribution in [3.63, 3.8) is 0 Å². The zero-order valence-corrected chi connectivity index (χ0v) is 9.74. The van der Waals surface area contributed by atoms with Gasteiger partial charge in [0.1, 0.15) is 0 Å². The van der Waals surface area contributed by atoms with E-state index in [-0.39, 0.29) is 11.7 Å². The first-order valence-electron chi connectivity index (χ1n) is 5.18. The van der Waals surface area contributed by atoms with E-state index in [1.54, 1.807) is 26.2 Å². The van der Waals surface area contributed by atoms with Crippen molar-refractivity contribution in [3.8, 4) is 5.75 Å². The summed E-state index contributed by atoms with van der Waals surface area (Å²) in [4.78, 5) is 13.1. The maximum atomic E-state index is 13.3. The second-order valence-corrected chi connectivity index (χ2v) is 3.68. The summed E-state index contributed by atoms with van der Waals surface area (Å²) in [7, 11) is 3.30. The molecule has 0 spiro atoms. The van der Waals surface area contributed by atoms with Gasteiger partial charge in [-0.3, -0.25) is 4.79 Å². The van der Waals surface area contributed by atoms with E-state index in [2.05, 4.69) is 0 Å². The molecule has 1 atom stereocenters. The number of para-hydroxylation sites is 1. The number of amides is 1. The maximum Gasteiger partial charge on any atom is 0.263 e. The number of hydrogen-bond donors (Lipinski definition) is 0. The summed E-state index contributed by atoms with van der Waals surface area (Å²) in [5, 5.41) is 0. The quantitative estimate of drug-likeness (QED) is 0.785. The van der Waals surface area contributed by atoms with Crippen LogP contribution in [0.3, 0.4) is 0 Å². The van der Waals surface area contributed by atoms with Crippen molar-refractivity contribution in [2.24, 2.45) is 0 Å². The van der Waals surface area contributed by atoms with Gasteiger partial charge in [0.05, 0.1) is 0 Å². The van der Waals surface area contributed by atoms with E-state index in [0.717, 1.165) is 0 Å². The van der Waals surface area contributed by atoms with Crippen LogP contribution in [-0.2, 0) is 4.79 Å². The normalized spacial score (nSPS) is 12.0. The molecule has 1 aromatic carbocycles. The van der Waals surface area contributed by atoms with Crippen LogP contribution in [0.2, 0.25) is 0 Å². The third-order valence-electron chi connectivity index (χ3n) is 2.19. The lowest BCUT2D eigenvalue weighted by molar-refractivity contribution is -0.136. The number of hydrogen-bond acceptors (Lipinski definition) is 2. The third kappa shape index (κ3) is 2.95. The first-order valence-corrected chi connectivity index (χ1v) is 5.18. The Hall–Kier alpha value is -1.58. The van der Waals surface area contributed by atoms with Crippen LogP contribution < -0.4 is 4.74 Å². The topological polar surface area (TPSA) is 29.5 Å². The molecule has 1 rings (SSSR count). The van der Waals surface area contributed by atoms with Gasteiger partial charge in [0.25, 0.3) is 5.91 Å². The largest absolute Gasteiger partial charge is 0.478 e. The number of rotatable bonds is 4. The molecular weight excluding hydrogens is 209 g/mol. The molecular formula is C12H16FNO2. The predicted octanol–water partition coefficient (Wildman–Crippen LogP) is 2.07. The third-order valence-corrected chi connectivity index (χ3v) is 2.19. The van der Waals surface area contributed by atoms with Gasteiger partial charge in [0.2, 0.25) is 0 Å². The maximum absolute atomic E-state index is 13.3. The summed E-state index contributed by atoms with van der Waals surface area (Å²) >= 11 is 0. The smallest absolute Gasteiger partial charge is 0.263 e. The molecule has 0 saturated heterocycles. The Labute approximate surface area is 94.8 Å². The highest BCUT2D eigenvalue weighted by Crippen LogP contribution is 2.18. The molecule has 0 aliphatic carbocycles. The van der Waals surface area contributed by atoms with E-state index in [9.17, 15) is 9.18 Å². The molecule has 0 N–H and O–H groups in total. The van der Waals surface area contributed by atoms with Gasteiger partial charge in [-0.15, -0.1) is 0 Å². The Kier molecular flexibility index (Phi) is 4.28. The summed E-state index contributed by atoms with van der Waals surface area (Å²) in [5.41, 5.74) is 0. The fourth-order valence-electron chi connectivity index (χ4n) is 1.29. The highest BCUT2D eigenvalue weighted by atomic mass is 19.1. The van der Waals surface area contributed by atoms with Crippen LogP contribution in [-0.4, -0.2) is 31.0 Å². The van der Waals surface area contributed by atoms with Gasteiger partial charge in [-0.25, -0.2) is 4.39 Å². The molecule has 0 aliphatic rings. The lowest BCUT2D eigenvalue weighted by atomic mass is 10.2. The SMILES string of the molecule is CCC(Oc1ccccc1F)C(=O)N(C)C. The summed E-state index contributed by atoms with van der Waals surface area (Å²) in [6.45, 7) is 1.83. The Morgan fingerprint density at radius 3 is 2.56 bits per heavy atom. The van der Waals surface area contributed by atoms with Gasteiger partial charge in [-0.2, -0.15) is 0 Å². The number of likely N-dealkylation sites (N-methyl/N-ethyl adjacent to an activating group) is 1. The van der Waals surface area contributed by atoms with Gasteiger partial charge >= 0.3 is 0 Å². The molecule has 0 saturated carbocycles. The van der Waals surface area contributed by atoms with Gasteiger partial charge in [-0.05, 0) is 18.6 Å². The lowest BCUT2D eigenvalue weighted by Gasteiger charge is -2.20. The first-order chi connectivity index (χ1) is 7.56. The van der Waals surface area contributed by atoms with Gasteiger partial charge in [0, 0.05) is 14.1 Å². The monoisotopic (exact) mass is 225 g/mol. The van der Waals surface area contributed by atoms with E-state index >= 15 is 0 Å². The molecule has 1 aromatic rings. The second-order valence-electron chi connectivity index (χ2n) is 3.68. The standard InChI is InChI=1S/C12H16FNO2/c1-4-10(12(15)14(2)3)16-11-8-6-5-7-9(11)13/h5-8,10H,4H2,1-3H3. The molecule has 3 nitrogen and oxygen atoms in total. The van der Waals surface area contributed by atoms with Gasteiger partial charge in [0.15, 0.2) is 17.7 Å². The Morgan fingerprint density at radius 2 is 2.06 bits per heavy atom. The minimum atomic E-state index is -0.633. The van der Waals surface area contributed by atoms with Crippen LogP contribution >= 0.6 is 0 Å². The van der Waals surface area contributed by atoms with E-state index < -0.39 is 11.9 Å². The highest BCUT2D eigenvalue weighted by Gasteiger charge is 2.21. The average molecular weight is 225 g/mol. The number of benzene rings is 1. The molecule has 88 valence electrons. The molecule has 1 unspecified atom stereocenters. The van der Waals surface area contributed by atoms with Crippen molar-refractivity contribution in [3.05, 3.63) is 30.1 Å². The van der Waals surface area contributed by atoms with E-state index in [1.807, 2.05) is 6.92 Å². The minimum absolute atomic E-state index is 0.115. The number of ether oxygens (including phenoxy) is 1. The van der Waals surface area contributed by atoms with Crippen molar-refractivity contribution in [1.29, 1.82) is 0 Å². The van der Waals surface area contributed by atoms with Crippen molar-refractivity contribution < 1.29 is 13.9 Å². The summed E-state index contributed by atoms with van der Waals surface area (Å²) in [5.74, 6) is -0.497. The number of halogens is 1. The predicted molar refractivity (Wildman–Crippen MR) is 59.8 cm³/mol. The van der Waals surface area contributed by atoms with E-state index in [1.165, 1.54) is 17.0 Å². The van der Waals surface area contributed by atoms with Gasteiger partial charge in [-0.1, -0.05) is 19.1 Å². The lowest BCUT2D eigenvalue weighted by Crippen LogP contribution is -2.37. The van der Waals surface area contributed by atoms with Crippen LogP contribution in [0.15, 0.2) is 24.3 Å². The molecule has 0 bridgehead atoms. The fraction of sp³-hybridized carbons (Fsp3) is 0.417. The summed E-state index contributed by atoms with van der Waals surface area (Å²) in [6, 6.07) is 6.07. The van der Waals surface area contributed by atoms with Crippen LogP contribution in [0.25, 0.3) is 0 Å². The van der Waals surface area contributed by atoms with Crippen molar-refractivity contribution in [2.75, 3.05) is 14.1 Å². The highest BCUT2D eigenvalue weighted by molar-refractivity contribution is 5.80. The molecule has 0 radical (unpaired) electrons. The van der Waals surface area contributed by atoms with Crippen molar-refractivity contribution in [1.82, 2.24) is 4.90 Å². The molecule has 4 heteroatoms. The molecule has 16 heavy (non-hydrogen) atoms. The van der Waals surface area contributed by atoms with Crippen molar-refractivity contribution >= 4 is 5.91 Å². The molecule has 0 aliphatic heterocycles. The number of carbonyl (C=O) groups excluding carboxylic acids is 1. The number of nitrogens with zero attached hydrogens (tertiary/aromatic N) is 1. The Balaban J connectivity index is 2.78. The molecule has 0 fully saturated rings. The zero-order valence-electron chi connectivity index (χ0n) is 9.74. The first kappa shape index (κ1) is 12.5. The Bertz CT molecular complexity index is 366. The van der Waals surface area contributed by atoms with Crippen LogP contribution in [0, 0.1) is 5.82 Å². The van der Waals surface area contributed by atoms with Crippen LogP contribution in [0.4, 0.5) is 4.39 Å². The Morgan fingerprint density at radius 1 is 1.44 bits per heavy atom. The summed E-state index contributed by atoms with van der Waals surface area (Å²) in [6.07, 6.45) is -0.127. The minimum Gasteiger partial charge on any atom is -0.478 e. The van der Waals surface area contributed by atoms with E-state index in [0.29, 0.717) is 6.42 Å². The molecule has 1 amide bonds. The average Bonchev–Trinajstić information content (AvgIpc) is 2.27. The van der Waals surface area contributed by atoms with Crippen LogP contribution in [0.5, 0.6) is 5.75 Å². The summed E-state index contributed by atoms with van der Waals surface area (Å²) < 4.78 is 18.7. The number of carbonyl (C=O) groups is 1.